The summed E-state index contributed by atoms with van der Waals surface area (Å²) in [5.74, 6) is 0. The second-order valence-electron chi connectivity index (χ2n) is 9.03. The molecule has 0 radical (unpaired) electrons. The van der Waals surface area contributed by atoms with Crippen LogP contribution in [0.4, 0.5) is 4.79 Å². The van der Waals surface area contributed by atoms with Crippen molar-refractivity contribution < 1.29 is 4.79 Å². The van der Waals surface area contributed by atoms with E-state index in [1.54, 1.807) is 0 Å². The summed E-state index contributed by atoms with van der Waals surface area (Å²) in [6.07, 6.45) is 5.32. The number of hydrogen-bond donors (Lipinski definition) is 0. The highest BCUT2D eigenvalue weighted by atomic mass is 16.2. The topological polar surface area (TPSA) is 47.3 Å². The zero-order valence-electron chi connectivity index (χ0n) is 16.2. The monoisotopic (exact) mass is 351 g/mol. The van der Waals surface area contributed by atoms with Gasteiger partial charge in [0.25, 0.3) is 0 Å². The van der Waals surface area contributed by atoms with Gasteiger partial charge in [-0.2, -0.15) is 5.26 Å². The van der Waals surface area contributed by atoms with E-state index in [0.717, 1.165) is 50.9 Å². The summed E-state index contributed by atoms with van der Waals surface area (Å²) in [4.78, 5) is 17.5. The molecule has 2 amide bonds. The van der Waals surface area contributed by atoms with Crippen LogP contribution in [-0.2, 0) is 11.8 Å². The van der Waals surface area contributed by atoms with E-state index in [0.29, 0.717) is 0 Å². The third-order valence-electron chi connectivity index (χ3n) is 7.60. The van der Waals surface area contributed by atoms with E-state index in [9.17, 15) is 10.1 Å². The summed E-state index contributed by atoms with van der Waals surface area (Å²) in [5, 5.41) is 9.30. The van der Waals surface area contributed by atoms with Crippen LogP contribution in [0.5, 0.6) is 0 Å². The number of likely N-dealkylation sites (tertiary alicyclic amines) is 2. The zero-order valence-corrected chi connectivity index (χ0v) is 16.2. The minimum Gasteiger partial charge on any atom is -0.325 e. The molecule has 0 spiro atoms. The molecular formula is C22H29N3O. The van der Waals surface area contributed by atoms with Gasteiger partial charge in [0.05, 0.1) is 11.6 Å². The van der Waals surface area contributed by atoms with Gasteiger partial charge in [-0.15, -0.1) is 0 Å². The Balaban J connectivity index is 1.72. The fraction of sp³-hybridized carbons (Fsp3) is 0.636. The summed E-state index contributed by atoms with van der Waals surface area (Å²) in [6.45, 7) is 9.64. The van der Waals surface area contributed by atoms with E-state index in [4.69, 9.17) is 0 Å². The summed E-state index contributed by atoms with van der Waals surface area (Å²) >= 11 is 0. The molecule has 1 aromatic rings. The number of fused-ring (bicyclic) bond motifs is 4. The third-order valence-corrected chi connectivity index (χ3v) is 7.60. The number of nitrogens with zero attached hydrogens (tertiary/aromatic N) is 3. The number of piperidine rings is 2. The molecule has 0 aromatic heterocycles. The van der Waals surface area contributed by atoms with Crippen LogP contribution in [-0.4, -0.2) is 41.5 Å². The third kappa shape index (κ3) is 2.36. The van der Waals surface area contributed by atoms with E-state index in [1.807, 2.05) is 12.1 Å². The summed E-state index contributed by atoms with van der Waals surface area (Å²) in [6, 6.07) is 8.85. The highest BCUT2D eigenvalue weighted by Crippen LogP contribution is 2.56. The number of carbonyl (C=O) groups excluding carboxylic acids is 1. The molecule has 4 heteroatoms. The predicted octanol–water partition coefficient (Wildman–Crippen LogP) is 4.08. The van der Waals surface area contributed by atoms with Crippen LogP contribution in [0.2, 0.25) is 0 Å². The minimum atomic E-state index is 0.0118. The molecule has 1 aromatic carbocycles. The van der Waals surface area contributed by atoms with Gasteiger partial charge in [0, 0.05) is 31.1 Å². The Morgan fingerprint density at radius 1 is 1.15 bits per heavy atom. The highest BCUT2D eigenvalue weighted by molar-refractivity contribution is 5.75. The predicted molar refractivity (Wildman–Crippen MR) is 102 cm³/mol. The quantitative estimate of drug-likeness (QED) is 0.707. The normalized spacial score (nSPS) is 29.7. The van der Waals surface area contributed by atoms with Crippen LogP contribution in [0.3, 0.4) is 0 Å². The van der Waals surface area contributed by atoms with Crippen molar-refractivity contribution in [3.8, 4) is 6.07 Å². The van der Waals surface area contributed by atoms with Crippen LogP contribution in [0, 0.1) is 16.7 Å². The Morgan fingerprint density at radius 2 is 1.88 bits per heavy atom. The van der Waals surface area contributed by atoms with Crippen LogP contribution in [0.1, 0.15) is 63.1 Å². The van der Waals surface area contributed by atoms with E-state index in [-0.39, 0.29) is 22.9 Å². The van der Waals surface area contributed by atoms with Crippen molar-refractivity contribution in [1.29, 1.82) is 5.26 Å². The van der Waals surface area contributed by atoms with Crippen LogP contribution in [0.25, 0.3) is 0 Å². The molecule has 2 unspecified atom stereocenters. The fourth-order valence-corrected chi connectivity index (χ4v) is 5.50. The van der Waals surface area contributed by atoms with E-state index >= 15 is 0 Å². The Bertz CT molecular complexity index is 772. The highest BCUT2D eigenvalue weighted by Gasteiger charge is 2.57. The minimum absolute atomic E-state index is 0.0118. The second kappa shape index (κ2) is 6.01. The van der Waals surface area contributed by atoms with Crippen LogP contribution < -0.4 is 0 Å². The number of carbonyl (C=O) groups is 1. The Hall–Kier alpha value is -2.02. The molecule has 0 saturated carbocycles. The van der Waals surface area contributed by atoms with Gasteiger partial charge in [-0.1, -0.05) is 26.8 Å². The van der Waals surface area contributed by atoms with Gasteiger partial charge in [0.2, 0.25) is 0 Å². The number of hydrogen-bond acceptors (Lipinski definition) is 2. The molecule has 2 bridgehead atoms. The number of nitriles is 1. The molecule has 4 rings (SSSR count). The van der Waals surface area contributed by atoms with Crippen molar-refractivity contribution in [2.24, 2.45) is 5.41 Å². The molecule has 26 heavy (non-hydrogen) atoms. The Labute approximate surface area is 156 Å². The largest absolute Gasteiger partial charge is 0.325 e. The number of rotatable bonds is 0. The van der Waals surface area contributed by atoms with Crippen LogP contribution in [0.15, 0.2) is 18.2 Å². The van der Waals surface area contributed by atoms with E-state index < -0.39 is 0 Å². The molecule has 1 aliphatic carbocycles. The van der Waals surface area contributed by atoms with Crippen molar-refractivity contribution in [3.05, 3.63) is 34.9 Å². The first-order valence-electron chi connectivity index (χ1n) is 9.97. The van der Waals surface area contributed by atoms with Gasteiger partial charge < -0.3 is 9.80 Å². The van der Waals surface area contributed by atoms with Gasteiger partial charge in [-0.05, 0) is 60.8 Å². The van der Waals surface area contributed by atoms with Gasteiger partial charge >= 0.3 is 6.03 Å². The summed E-state index contributed by atoms with van der Waals surface area (Å²) in [7, 11) is 0. The first kappa shape index (κ1) is 17.4. The summed E-state index contributed by atoms with van der Waals surface area (Å²) < 4.78 is 0. The first-order valence-corrected chi connectivity index (χ1v) is 9.97. The molecule has 138 valence electrons. The zero-order chi connectivity index (χ0) is 18.5. The second-order valence-corrected chi connectivity index (χ2v) is 9.03. The van der Waals surface area contributed by atoms with Gasteiger partial charge in [0.15, 0.2) is 0 Å². The van der Waals surface area contributed by atoms with Gasteiger partial charge in [0.1, 0.15) is 0 Å². The lowest BCUT2D eigenvalue weighted by atomic mass is 9.51. The molecule has 2 aliphatic heterocycles. The molecule has 0 N–H and O–H groups in total. The van der Waals surface area contributed by atoms with E-state index in [1.165, 1.54) is 17.5 Å². The molecule has 2 fully saturated rings. The molecule has 3 aliphatic rings. The molecule has 2 saturated heterocycles. The average molecular weight is 351 g/mol. The fourth-order valence-electron chi connectivity index (χ4n) is 5.50. The number of urea groups is 1. The van der Waals surface area contributed by atoms with Gasteiger partial charge in [-0.3, -0.25) is 0 Å². The Morgan fingerprint density at radius 3 is 2.58 bits per heavy atom. The first-order chi connectivity index (χ1) is 12.4. The Kier molecular flexibility index (Phi) is 4.02. The maximum Gasteiger partial charge on any atom is 0.320 e. The van der Waals surface area contributed by atoms with E-state index in [2.05, 4.69) is 42.7 Å². The molecule has 4 nitrogen and oxygen atoms in total. The average Bonchev–Trinajstić information content (AvgIpc) is 2.64. The molecule has 2 atom stereocenters. The lowest BCUT2D eigenvalue weighted by molar-refractivity contribution is -0.0242. The maximum absolute atomic E-state index is 13.3. The number of amides is 2. The smallest absolute Gasteiger partial charge is 0.320 e. The van der Waals surface area contributed by atoms with Crippen molar-refractivity contribution in [2.75, 3.05) is 19.6 Å². The summed E-state index contributed by atoms with van der Waals surface area (Å²) in [5.41, 5.74) is 3.41. The lowest BCUT2D eigenvalue weighted by Gasteiger charge is -2.61. The van der Waals surface area contributed by atoms with Crippen molar-refractivity contribution in [3.63, 3.8) is 0 Å². The lowest BCUT2D eigenvalue weighted by Crippen LogP contribution is -2.66. The van der Waals surface area contributed by atoms with Crippen molar-refractivity contribution >= 4 is 6.03 Å². The number of benzene rings is 1. The van der Waals surface area contributed by atoms with Crippen LogP contribution >= 0.6 is 0 Å². The van der Waals surface area contributed by atoms with Crippen molar-refractivity contribution in [1.82, 2.24) is 9.80 Å². The van der Waals surface area contributed by atoms with Gasteiger partial charge in [-0.25, -0.2) is 4.79 Å². The maximum atomic E-state index is 13.3. The van der Waals surface area contributed by atoms with Crippen molar-refractivity contribution in [2.45, 2.75) is 64.3 Å². The SMILES string of the molecule is CC12CCN(C(=O)N3CCCCC3)C(Cc3cc(C#N)ccc31)C2(C)C. The standard InChI is InChI=1S/C22H29N3O/c1-21(2)19-14-17-13-16(15-23)7-8-18(17)22(21,3)9-12-25(19)20(26)24-10-5-4-6-11-24/h7-8,13,19H,4-6,9-12,14H2,1-3H3. The molecular weight excluding hydrogens is 322 g/mol. The molecule has 2 heterocycles.